The fourth-order valence-electron chi connectivity index (χ4n) is 4.70. The number of benzene rings is 2. The minimum absolute atomic E-state index is 0.0472. The van der Waals surface area contributed by atoms with Gasteiger partial charge >= 0.3 is 0 Å². The molecule has 2 atom stereocenters. The number of hydrogen-bond acceptors (Lipinski definition) is 5. The molecule has 0 saturated carbocycles. The van der Waals surface area contributed by atoms with Gasteiger partial charge in [-0.2, -0.15) is 0 Å². The molecule has 1 fully saturated rings. The minimum Gasteiger partial charge on any atom is -0.507 e. The second kappa shape index (κ2) is 8.63. The number of piperazine rings is 1. The predicted molar refractivity (Wildman–Crippen MR) is 113 cm³/mol. The first-order valence-corrected chi connectivity index (χ1v) is 10.8. The predicted octanol–water partition coefficient (Wildman–Crippen LogP) is 2.30. The lowest BCUT2D eigenvalue weighted by molar-refractivity contribution is -0.134. The number of halogens is 5. The monoisotopic (exact) mass is 507 g/mol. The van der Waals surface area contributed by atoms with Crippen LogP contribution in [0.25, 0.3) is 0 Å². The van der Waals surface area contributed by atoms with Gasteiger partial charge in [0.25, 0.3) is 11.8 Å². The largest absolute Gasteiger partial charge is 0.507 e. The molecular weight excluding hydrogens is 489 g/mol. The van der Waals surface area contributed by atoms with Crippen molar-refractivity contribution in [2.75, 3.05) is 6.54 Å². The molecule has 2 bridgehead atoms. The number of aliphatic hydroxyl groups is 2. The summed E-state index contributed by atoms with van der Waals surface area (Å²) in [5.41, 5.74) is -0.511. The molecule has 0 aliphatic carbocycles. The van der Waals surface area contributed by atoms with Gasteiger partial charge in [0.05, 0.1) is 11.6 Å². The van der Waals surface area contributed by atoms with Gasteiger partial charge in [-0.25, -0.2) is 22.0 Å². The number of hydrogen-bond donors (Lipinski definition) is 3. The zero-order valence-electron chi connectivity index (χ0n) is 18.4. The van der Waals surface area contributed by atoms with Crippen LogP contribution in [-0.2, 0) is 29.1 Å². The summed E-state index contributed by atoms with van der Waals surface area (Å²) in [6, 6.07) is 2.33. The van der Waals surface area contributed by atoms with Crippen LogP contribution in [-0.4, -0.2) is 50.5 Å². The number of carbonyl (C=O) groups is 2. The number of fused-ring (bicyclic) bond motifs is 5. The van der Waals surface area contributed by atoms with Crippen molar-refractivity contribution in [2.24, 2.45) is 0 Å². The average molecular weight is 507 g/mol. The molecule has 2 aromatic rings. The number of rotatable bonds is 3. The number of carbonyl (C=O) groups excluding carboxylic acids is 2. The number of nitrogens with one attached hydrogen (secondary N) is 1. The first-order valence-electron chi connectivity index (χ1n) is 10.8. The Morgan fingerprint density at radius 2 is 1.64 bits per heavy atom. The third-order valence-corrected chi connectivity index (χ3v) is 6.50. The maximum absolute atomic E-state index is 13.9. The number of amides is 2. The van der Waals surface area contributed by atoms with Crippen LogP contribution in [0.15, 0.2) is 47.5 Å². The Morgan fingerprint density at radius 1 is 1.00 bits per heavy atom. The highest BCUT2D eigenvalue weighted by molar-refractivity contribution is 5.99. The molecule has 0 aromatic heterocycles. The molecule has 5 rings (SSSR count). The molecule has 2 aromatic carbocycles. The van der Waals surface area contributed by atoms with Crippen LogP contribution in [0.1, 0.15) is 16.7 Å². The van der Waals surface area contributed by atoms with Gasteiger partial charge in [0.1, 0.15) is 29.3 Å². The first kappa shape index (κ1) is 23.8. The van der Waals surface area contributed by atoms with Crippen LogP contribution in [0.2, 0.25) is 0 Å². The lowest BCUT2D eigenvalue weighted by atomic mass is 9.95. The van der Waals surface area contributed by atoms with Gasteiger partial charge in [0.2, 0.25) is 0 Å². The standard InChI is InChI=1S/C24H18F5N3O4/c25-12-4-16(26)14(17(27)5-12)6-30-23(35)15-9-32-13-1-10-2-18(28)19(29)3-11(10)7-31(8-13)24(36)20(32)22(34)21(15)33/h2-5,9,13,21,33-34H,1,6-8H2,(H,30,35)/t13-,21?/m0/s1. The molecule has 36 heavy (non-hydrogen) atoms. The van der Waals surface area contributed by atoms with Crippen LogP contribution in [0.3, 0.4) is 0 Å². The number of nitrogens with zero attached hydrogens (tertiary/aromatic N) is 2. The summed E-state index contributed by atoms with van der Waals surface area (Å²) in [5.74, 6) is -8.22. The van der Waals surface area contributed by atoms with Gasteiger partial charge in [0.15, 0.2) is 17.4 Å². The molecular formula is C24H18F5N3O4. The van der Waals surface area contributed by atoms with Gasteiger partial charge in [-0.3, -0.25) is 9.59 Å². The maximum atomic E-state index is 13.9. The smallest absolute Gasteiger partial charge is 0.274 e. The molecule has 3 N–H and O–H groups in total. The second-order valence-electron chi connectivity index (χ2n) is 8.74. The van der Waals surface area contributed by atoms with E-state index in [-0.39, 0.29) is 25.2 Å². The van der Waals surface area contributed by atoms with Crippen molar-refractivity contribution in [2.45, 2.75) is 31.7 Å². The molecule has 3 aliphatic heterocycles. The molecule has 0 spiro atoms. The van der Waals surface area contributed by atoms with E-state index in [9.17, 15) is 41.8 Å². The van der Waals surface area contributed by atoms with Crippen LogP contribution < -0.4 is 5.32 Å². The van der Waals surface area contributed by atoms with Gasteiger partial charge in [-0.15, -0.1) is 0 Å². The summed E-state index contributed by atoms with van der Waals surface area (Å²) in [7, 11) is 0. The highest BCUT2D eigenvalue weighted by Gasteiger charge is 2.45. The van der Waals surface area contributed by atoms with Crippen molar-refractivity contribution in [3.05, 3.63) is 93.3 Å². The second-order valence-corrected chi connectivity index (χ2v) is 8.74. The van der Waals surface area contributed by atoms with Crippen molar-refractivity contribution >= 4 is 11.8 Å². The Bertz CT molecular complexity index is 1350. The van der Waals surface area contributed by atoms with E-state index in [0.29, 0.717) is 23.3 Å². The molecule has 188 valence electrons. The zero-order chi connectivity index (χ0) is 25.9. The Labute approximate surface area is 200 Å². The van der Waals surface area contributed by atoms with E-state index in [1.807, 2.05) is 0 Å². The summed E-state index contributed by atoms with van der Waals surface area (Å²) in [6.07, 6.45) is -0.667. The van der Waals surface area contributed by atoms with Gasteiger partial charge in [-0.1, -0.05) is 0 Å². The summed E-state index contributed by atoms with van der Waals surface area (Å²) >= 11 is 0. The molecule has 12 heteroatoms. The van der Waals surface area contributed by atoms with Crippen LogP contribution >= 0.6 is 0 Å². The Kier molecular flexibility index (Phi) is 5.70. The SMILES string of the molecule is O=C(NCc1c(F)cc(F)cc1F)C1=CN2C(=C(O)C1O)C(=O)N1Cc3cc(F)c(F)cc3C[C@H]2C1. The molecule has 7 nitrogen and oxygen atoms in total. The van der Waals surface area contributed by atoms with E-state index in [1.165, 1.54) is 9.80 Å². The lowest BCUT2D eigenvalue weighted by Crippen LogP contribution is -2.55. The molecule has 1 saturated heterocycles. The van der Waals surface area contributed by atoms with Crippen LogP contribution in [0.4, 0.5) is 22.0 Å². The van der Waals surface area contributed by atoms with Gasteiger partial charge in [-0.05, 0) is 29.7 Å². The Hall–Kier alpha value is -3.93. The normalized spacial score (nSPS) is 21.1. The van der Waals surface area contributed by atoms with Crippen molar-refractivity contribution in [1.29, 1.82) is 0 Å². The third kappa shape index (κ3) is 3.87. The van der Waals surface area contributed by atoms with E-state index in [4.69, 9.17) is 0 Å². The van der Waals surface area contributed by atoms with Crippen molar-refractivity contribution in [3.63, 3.8) is 0 Å². The minimum atomic E-state index is -1.93. The van der Waals surface area contributed by atoms with Gasteiger partial charge < -0.3 is 25.3 Å². The fraction of sp³-hybridized carbons (Fsp3) is 0.250. The van der Waals surface area contributed by atoms with E-state index in [1.54, 1.807) is 0 Å². The molecule has 3 heterocycles. The van der Waals surface area contributed by atoms with Crippen LogP contribution in [0.5, 0.6) is 0 Å². The summed E-state index contributed by atoms with van der Waals surface area (Å²) < 4.78 is 68.7. The van der Waals surface area contributed by atoms with E-state index in [0.717, 1.165) is 18.3 Å². The van der Waals surface area contributed by atoms with E-state index in [2.05, 4.69) is 5.32 Å². The number of aliphatic hydroxyl groups excluding tert-OH is 2. The summed E-state index contributed by atoms with van der Waals surface area (Å²) in [6.45, 7) is -0.637. The van der Waals surface area contributed by atoms with Crippen molar-refractivity contribution < 1.29 is 41.8 Å². The quantitative estimate of drug-likeness (QED) is 0.555. The highest BCUT2D eigenvalue weighted by Crippen LogP contribution is 2.36. The zero-order valence-corrected chi connectivity index (χ0v) is 18.4. The summed E-state index contributed by atoms with van der Waals surface area (Å²) in [4.78, 5) is 28.5. The average Bonchev–Trinajstić information content (AvgIpc) is 2.96. The van der Waals surface area contributed by atoms with Gasteiger partial charge in [0, 0.05) is 43.5 Å². The molecule has 2 amide bonds. The van der Waals surface area contributed by atoms with Crippen LogP contribution in [0, 0.1) is 29.1 Å². The molecule has 3 aliphatic rings. The lowest BCUT2D eigenvalue weighted by Gasteiger charge is -2.43. The molecule has 0 radical (unpaired) electrons. The Balaban J connectivity index is 1.45. The van der Waals surface area contributed by atoms with Crippen molar-refractivity contribution in [1.82, 2.24) is 15.1 Å². The molecule has 1 unspecified atom stereocenters. The topological polar surface area (TPSA) is 93.1 Å². The van der Waals surface area contributed by atoms with E-state index >= 15 is 0 Å². The van der Waals surface area contributed by atoms with Crippen molar-refractivity contribution in [3.8, 4) is 0 Å². The highest BCUT2D eigenvalue weighted by atomic mass is 19.2. The maximum Gasteiger partial charge on any atom is 0.274 e. The van der Waals surface area contributed by atoms with E-state index < -0.39 is 76.5 Å². The third-order valence-electron chi connectivity index (χ3n) is 6.50. The Morgan fingerprint density at radius 3 is 2.31 bits per heavy atom. The fourth-order valence-corrected chi connectivity index (χ4v) is 4.70. The first-order chi connectivity index (χ1) is 17.0. The summed E-state index contributed by atoms with van der Waals surface area (Å²) in [5, 5.41) is 23.4.